The smallest absolute Gasteiger partial charge is 0.344 e. The molecule has 6 heteroatoms. The molecule has 5 nitrogen and oxygen atoms in total. The molecule has 0 atom stereocenters. The van der Waals surface area contributed by atoms with Gasteiger partial charge in [0.15, 0.2) is 13.2 Å². The number of nitrogens with zero attached hydrogens (tertiary/aromatic N) is 1. The van der Waals surface area contributed by atoms with E-state index in [9.17, 15) is 9.59 Å². The Bertz CT molecular complexity index is 658. The topological polar surface area (TPSA) is 55.8 Å². The Hall–Kier alpha value is -2.09. The van der Waals surface area contributed by atoms with Gasteiger partial charge in [0.25, 0.3) is 5.91 Å². The predicted octanol–water partition coefficient (Wildman–Crippen LogP) is 2.88. The number of hydrogen-bond donors (Lipinski definition) is 0. The quantitative estimate of drug-likeness (QED) is 0.528. The molecule has 0 aromatic heterocycles. The van der Waals surface area contributed by atoms with Crippen molar-refractivity contribution in [3.8, 4) is 5.75 Å². The maximum atomic E-state index is 12.0. The summed E-state index contributed by atoms with van der Waals surface area (Å²) in [6, 6.07) is 16.4. The van der Waals surface area contributed by atoms with Gasteiger partial charge in [0.05, 0.1) is 0 Å². The lowest BCUT2D eigenvalue weighted by molar-refractivity contribution is -0.149. The van der Waals surface area contributed by atoms with Gasteiger partial charge < -0.3 is 14.4 Å². The average molecular weight is 425 g/mol. The minimum atomic E-state index is -0.585. The van der Waals surface area contributed by atoms with Crippen LogP contribution in [0.3, 0.4) is 0 Å². The number of carbonyl (C=O) groups excluding carboxylic acids is 2. The number of esters is 1. The monoisotopic (exact) mass is 425 g/mol. The fourth-order valence-corrected chi connectivity index (χ4v) is 2.11. The maximum absolute atomic E-state index is 12.0. The Morgan fingerprint density at radius 2 is 1.65 bits per heavy atom. The zero-order valence-electron chi connectivity index (χ0n) is 12.6. The molecule has 0 aliphatic carbocycles. The van der Waals surface area contributed by atoms with E-state index in [1.165, 1.54) is 4.90 Å². The molecule has 0 spiro atoms. The molecule has 0 bridgehead atoms. The number of carbonyl (C=O) groups is 2. The number of anilines is 1. The van der Waals surface area contributed by atoms with E-state index < -0.39 is 5.97 Å². The number of para-hydroxylation sites is 1. The van der Waals surface area contributed by atoms with Crippen LogP contribution in [0.25, 0.3) is 0 Å². The van der Waals surface area contributed by atoms with Crippen molar-refractivity contribution in [1.82, 2.24) is 0 Å². The number of halogens is 1. The molecule has 0 saturated heterocycles. The summed E-state index contributed by atoms with van der Waals surface area (Å²) in [7, 11) is 1.63. The zero-order valence-corrected chi connectivity index (χ0v) is 14.7. The molecule has 0 heterocycles. The predicted molar refractivity (Wildman–Crippen MR) is 95.5 cm³/mol. The molecule has 0 radical (unpaired) electrons. The van der Waals surface area contributed by atoms with E-state index in [4.69, 9.17) is 9.47 Å². The summed E-state index contributed by atoms with van der Waals surface area (Å²) in [5.74, 6) is -0.313. The molecule has 2 aromatic carbocycles. The van der Waals surface area contributed by atoms with Crippen LogP contribution in [0.5, 0.6) is 5.75 Å². The van der Waals surface area contributed by atoms with Gasteiger partial charge in [-0.05, 0) is 59.0 Å². The maximum Gasteiger partial charge on any atom is 0.344 e. The molecule has 2 rings (SSSR count). The minimum Gasteiger partial charge on any atom is -0.482 e. The van der Waals surface area contributed by atoms with Gasteiger partial charge in [-0.1, -0.05) is 18.2 Å². The third-order valence-electron chi connectivity index (χ3n) is 3.04. The van der Waals surface area contributed by atoms with Crippen LogP contribution >= 0.6 is 22.6 Å². The van der Waals surface area contributed by atoms with Crippen LogP contribution < -0.4 is 9.64 Å². The standard InChI is InChI=1S/C17H16INO4/c1-19(14-5-3-2-4-6-14)16(20)11-23-17(21)12-22-15-9-7-13(18)8-10-15/h2-10H,11-12H2,1H3. The van der Waals surface area contributed by atoms with Crippen molar-refractivity contribution >= 4 is 40.2 Å². The Labute approximate surface area is 148 Å². The highest BCUT2D eigenvalue weighted by Crippen LogP contribution is 2.13. The summed E-state index contributed by atoms with van der Waals surface area (Å²) in [5, 5.41) is 0. The lowest BCUT2D eigenvalue weighted by Crippen LogP contribution is -2.31. The Kier molecular flexibility index (Phi) is 6.40. The van der Waals surface area contributed by atoms with Crippen LogP contribution in [0, 0.1) is 3.57 Å². The molecular formula is C17H16INO4. The van der Waals surface area contributed by atoms with Crippen LogP contribution in [-0.2, 0) is 14.3 Å². The summed E-state index contributed by atoms with van der Waals surface area (Å²) < 4.78 is 11.3. The molecule has 2 aromatic rings. The van der Waals surface area contributed by atoms with Crippen molar-refractivity contribution in [2.24, 2.45) is 0 Å². The van der Waals surface area contributed by atoms with Crippen molar-refractivity contribution in [2.45, 2.75) is 0 Å². The average Bonchev–Trinajstić information content (AvgIpc) is 2.59. The molecule has 0 N–H and O–H groups in total. The number of ether oxygens (including phenoxy) is 2. The first-order valence-corrected chi connectivity index (χ1v) is 8.00. The summed E-state index contributed by atoms with van der Waals surface area (Å²) in [4.78, 5) is 25.0. The third-order valence-corrected chi connectivity index (χ3v) is 3.76. The van der Waals surface area contributed by atoms with E-state index >= 15 is 0 Å². The summed E-state index contributed by atoms with van der Waals surface area (Å²) >= 11 is 2.18. The molecular weight excluding hydrogens is 409 g/mol. The molecule has 23 heavy (non-hydrogen) atoms. The van der Waals surface area contributed by atoms with Crippen LogP contribution in [0.15, 0.2) is 54.6 Å². The zero-order chi connectivity index (χ0) is 16.7. The van der Waals surface area contributed by atoms with Gasteiger partial charge in [0.1, 0.15) is 5.75 Å². The van der Waals surface area contributed by atoms with E-state index in [0.29, 0.717) is 5.75 Å². The number of benzene rings is 2. The lowest BCUT2D eigenvalue weighted by atomic mass is 10.3. The van der Waals surface area contributed by atoms with Crippen LogP contribution in [0.2, 0.25) is 0 Å². The van der Waals surface area contributed by atoms with Crippen molar-refractivity contribution in [3.05, 3.63) is 58.2 Å². The van der Waals surface area contributed by atoms with Crippen LogP contribution in [0.4, 0.5) is 5.69 Å². The first-order chi connectivity index (χ1) is 11.1. The Balaban J connectivity index is 1.75. The van der Waals surface area contributed by atoms with Gasteiger partial charge in [-0.15, -0.1) is 0 Å². The highest BCUT2D eigenvalue weighted by Gasteiger charge is 2.13. The van der Waals surface area contributed by atoms with Gasteiger partial charge in [-0.25, -0.2) is 4.79 Å². The highest BCUT2D eigenvalue weighted by atomic mass is 127. The van der Waals surface area contributed by atoms with E-state index in [1.807, 2.05) is 30.3 Å². The molecule has 0 aliphatic heterocycles. The van der Waals surface area contributed by atoms with Crippen molar-refractivity contribution in [3.63, 3.8) is 0 Å². The van der Waals surface area contributed by atoms with E-state index in [0.717, 1.165) is 9.26 Å². The van der Waals surface area contributed by atoms with E-state index in [2.05, 4.69) is 22.6 Å². The van der Waals surface area contributed by atoms with Crippen LogP contribution in [0.1, 0.15) is 0 Å². The van der Waals surface area contributed by atoms with E-state index in [1.54, 1.807) is 31.3 Å². The van der Waals surface area contributed by atoms with E-state index in [-0.39, 0.29) is 19.1 Å². The first kappa shape index (κ1) is 17.3. The van der Waals surface area contributed by atoms with Crippen molar-refractivity contribution in [2.75, 3.05) is 25.2 Å². The molecule has 120 valence electrons. The largest absolute Gasteiger partial charge is 0.482 e. The Morgan fingerprint density at radius 1 is 1.00 bits per heavy atom. The van der Waals surface area contributed by atoms with Gasteiger partial charge in [-0.3, -0.25) is 4.79 Å². The Morgan fingerprint density at radius 3 is 2.30 bits per heavy atom. The van der Waals surface area contributed by atoms with Gasteiger partial charge in [0, 0.05) is 16.3 Å². The lowest BCUT2D eigenvalue weighted by Gasteiger charge is -2.17. The molecule has 0 aliphatic rings. The second-order valence-corrected chi connectivity index (χ2v) is 5.94. The SMILES string of the molecule is CN(C(=O)COC(=O)COc1ccc(I)cc1)c1ccccc1. The minimum absolute atomic E-state index is 0.233. The van der Waals surface area contributed by atoms with Gasteiger partial charge >= 0.3 is 5.97 Å². The molecule has 0 saturated carbocycles. The fraction of sp³-hybridized carbons (Fsp3) is 0.176. The number of hydrogen-bond acceptors (Lipinski definition) is 4. The second kappa shape index (κ2) is 8.52. The van der Waals surface area contributed by atoms with Crippen LogP contribution in [-0.4, -0.2) is 32.1 Å². The third kappa shape index (κ3) is 5.55. The molecule has 1 amide bonds. The fourth-order valence-electron chi connectivity index (χ4n) is 1.75. The molecule has 0 unspecified atom stereocenters. The van der Waals surface area contributed by atoms with Crippen molar-refractivity contribution in [1.29, 1.82) is 0 Å². The number of amides is 1. The normalized spacial score (nSPS) is 10.0. The summed E-state index contributed by atoms with van der Waals surface area (Å²) in [6.45, 7) is -0.552. The first-order valence-electron chi connectivity index (χ1n) is 6.92. The summed E-state index contributed by atoms with van der Waals surface area (Å²) in [6.07, 6.45) is 0. The number of rotatable bonds is 6. The van der Waals surface area contributed by atoms with Gasteiger partial charge in [0.2, 0.25) is 0 Å². The molecule has 0 fully saturated rings. The van der Waals surface area contributed by atoms with Gasteiger partial charge in [-0.2, -0.15) is 0 Å². The second-order valence-electron chi connectivity index (χ2n) is 4.69. The van der Waals surface area contributed by atoms with Crippen molar-refractivity contribution < 1.29 is 19.1 Å². The highest BCUT2D eigenvalue weighted by molar-refractivity contribution is 14.1. The summed E-state index contributed by atoms with van der Waals surface area (Å²) in [5.41, 5.74) is 0.740. The number of likely N-dealkylation sites (N-methyl/N-ethyl adjacent to an activating group) is 1.